The Morgan fingerprint density at radius 2 is 2.04 bits per heavy atom. The Balaban J connectivity index is 0.00000312. The van der Waals surface area contributed by atoms with Gasteiger partial charge in [0, 0.05) is 39.0 Å². The molecule has 0 atom stereocenters. The molecule has 2 rings (SSSR count). The Morgan fingerprint density at radius 3 is 2.68 bits per heavy atom. The van der Waals surface area contributed by atoms with Crippen LogP contribution < -0.4 is 15.4 Å². The lowest BCUT2D eigenvalue weighted by molar-refractivity contribution is 0.148. The lowest BCUT2D eigenvalue weighted by Crippen LogP contribution is -2.38. The van der Waals surface area contributed by atoms with Crippen LogP contribution in [0.2, 0.25) is 0 Å². The maximum absolute atomic E-state index is 5.95. The van der Waals surface area contributed by atoms with Gasteiger partial charge in [-0.1, -0.05) is 12.5 Å². The number of aromatic nitrogens is 1. The van der Waals surface area contributed by atoms with Gasteiger partial charge in [-0.25, -0.2) is 4.98 Å². The van der Waals surface area contributed by atoms with Gasteiger partial charge in [0.2, 0.25) is 5.88 Å². The first kappa shape index (κ1) is 22.0. The summed E-state index contributed by atoms with van der Waals surface area (Å²) >= 11 is 0. The highest BCUT2D eigenvalue weighted by molar-refractivity contribution is 14.0. The molecule has 0 unspecified atom stereocenters. The molecule has 0 aromatic carbocycles. The number of hydrogen-bond donors (Lipinski definition) is 2. The van der Waals surface area contributed by atoms with Crippen LogP contribution in [0.1, 0.15) is 44.6 Å². The average molecular weight is 462 g/mol. The van der Waals surface area contributed by atoms with E-state index in [9.17, 15) is 0 Å². The zero-order chi connectivity index (χ0) is 17.0. The topological polar surface area (TPSA) is 67.8 Å². The van der Waals surface area contributed by atoms with Crippen molar-refractivity contribution in [1.29, 1.82) is 0 Å². The molecule has 1 aromatic heterocycles. The van der Waals surface area contributed by atoms with Crippen LogP contribution in [0, 0.1) is 0 Å². The van der Waals surface area contributed by atoms with Gasteiger partial charge in [-0.05, 0) is 38.2 Å². The van der Waals surface area contributed by atoms with Crippen molar-refractivity contribution in [1.82, 2.24) is 15.6 Å². The summed E-state index contributed by atoms with van der Waals surface area (Å²) < 4.78 is 11.2. The molecule has 0 spiro atoms. The summed E-state index contributed by atoms with van der Waals surface area (Å²) in [5.41, 5.74) is 1.10. The van der Waals surface area contributed by atoms with Gasteiger partial charge < -0.3 is 20.1 Å². The molecule has 1 heterocycles. The van der Waals surface area contributed by atoms with Crippen molar-refractivity contribution in [2.24, 2.45) is 4.99 Å². The summed E-state index contributed by atoms with van der Waals surface area (Å²) in [6.07, 6.45) is 8.35. The van der Waals surface area contributed by atoms with Gasteiger partial charge in [0.15, 0.2) is 5.96 Å². The minimum Gasteiger partial charge on any atom is -0.474 e. The zero-order valence-electron chi connectivity index (χ0n) is 15.3. The average Bonchev–Trinajstić information content (AvgIpc) is 2.63. The fourth-order valence-corrected chi connectivity index (χ4v) is 2.73. The van der Waals surface area contributed by atoms with Crippen molar-refractivity contribution >= 4 is 29.9 Å². The third-order valence-electron chi connectivity index (χ3n) is 4.06. The Bertz CT molecular complexity index is 490. The predicted octanol–water partition coefficient (Wildman–Crippen LogP) is 3.11. The highest BCUT2D eigenvalue weighted by Gasteiger charge is 2.15. The lowest BCUT2D eigenvalue weighted by atomic mass is 9.98. The van der Waals surface area contributed by atoms with E-state index in [4.69, 9.17) is 9.47 Å². The third kappa shape index (κ3) is 8.71. The number of pyridine rings is 1. The molecule has 142 valence electrons. The van der Waals surface area contributed by atoms with E-state index in [1.165, 1.54) is 19.3 Å². The minimum absolute atomic E-state index is 0. The molecule has 0 amide bonds. The van der Waals surface area contributed by atoms with E-state index in [-0.39, 0.29) is 24.0 Å². The first-order valence-corrected chi connectivity index (χ1v) is 8.95. The van der Waals surface area contributed by atoms with E-state index in [0.717, 1.165) is 43.4 Å². The summed E-state index contributed by atoms with van der Waals surface area (Å²) in [5, 5.41) is 6.47. The molecule has 0 radical (unpaired) electrons. The second-order valence-corrected chi connectivity index (χ2v) is 5.93. The van der Waals surface area contributed by atoms with Crippen molar-refractivity contribution in [3.05, 3.63) is 23.9 Å². The van der Waals surface area contributed by atoms with Crippen molar-refractivity contribution in [2.45, 2.75) is 51.7 Å². The van der Waals surface area contributed by atoms with Gasteiger partial charge in [-0.15, -0.1) is 24.0 Å². The Hall–Kier alpha value is -1.09. The van der Waals surface area contributed by atoms with E-state index >= 15 is 0 Å². The quantitative estimate of drug-likeness (QED) is 0.269. The highest BCUT2D eigenvalue weighted by atomic mass is 127. The molecule has 0 saturated heterocycles. The van der Waals surface area contributed by atoms with Gasteiger partial charge >= 0.3 is 0 Å². The minimum atomic E-state index is 0. The molecule has 7 heteroatoms. The molecule has 1 aliphatic rings. The van der Waals surface area contributed by atoms with Crippen molar-refractivity contribution < 1.29 is 9.47 Å². The molecule has 0 aliphatic heterocycles. The van der Waals surface area contributed by atoms with Crippen molar-refractivity contribution in [2.75, 3.05) is 26.8 Å². The standard InChI is InChI=1S/C18H30N4O2.HI/c1-3-23-12-11-20-18(19-2)22-14-15-9-10-17(21-13-15)24-16-7-5-4-6-8-16;/h9-10,13,16H,3-8,11-12,14H2,1-2H3,(H2,19,20,22);1H. The first-order valence-electron chi connectivity index (χ1n) is 8.95. The van der Waals surface area contributed by atoms with Crippen LogP contribution in [-0.2, 0) is 11.3 Å². The summed E-state index contributed by atoms with van der Waals surface area (Å²) in [6, 6.07) is 4.00. The van der Waals surface area contributed by atoms with Crippen molar-refractivity contribution in [3.8, 4) is 5.88 Å². The van der Waals surface area contributed by atoms with Gasteiger partial charge in [0.1, 0.15) is 6.10 Å². The van der Waals surface area contributed by atoms with Crippen molar-refractivity contribution in [3.63, 3.8) is 0 Å². The summed E-state index contributed by atoms with van der Waals surface area (Å²) in [6.45, 7) is 4.80. The number of rotatable bonds is 8. The number of hydrogen-bond acceptors (Lipinski definition) is 4. The molecule has 1 aliphatic carbocycles. The number of aliphatic imine (C=N–C) groups is 1. The number of guanidine groups is 1. The van der Waals surface area contributed by atoms with E-state index in [1.807, 2.05) is 25.3 Å². The van der Waals surface area contributed by atoms with Gasteiger partial charge in [-0.2, -0.15) is 0 Å². The third-order valence-corrected chi connectivity index (χ3v) is 4.06. The number of ether oxygens (including phenoxy) is 2. The Morgan fingerprint density at radius 1 is 1.24 bits per heavy atom. The lowest BCUT2D eigenvalue weighted by Gasteiger charge is -2.22. The predicted molar refractivity (Wildman–Crippen MR) is 112 cm³/mol. The first-order chi connectivity index (χ1) is 11.8. The number of nitrogens with zero attached hydrogens (tertiary/aromatic N) is 2. The maximum atomic E-state index is 5.95. The fourth-order valence-electron chi connectivity index (χ4n) is 2.73. The molecule has 25 heavy (non-hydrogen) atoms. The molecule has 1 fully saturated rings. The molecule has 0 bridgehead atoms. The second-order valence-electron chi connectivity index (χ2n) is 5.93. The van der Waals surface area contributed by atoms with Crippen LogP contribution in [0.3, 0.4) is 0 Å². The van der Waals surface area contributed by atoms with Crippen LogP contribution in [0.4, 0.5) is 0 Å². The summed E-state index contributed by atoms with van der Waals surface area (Å²) in [4.78, 5) is 8.61. The fraction of sp³-hybridized carbons (Fsp3) is 0.667. The Labute approximate surface area is 168 Å². The van der Waals surface area contributed by atoms with Gasteiger partial charge in [-0.3, -0.25) is 4.99 Å². The zero-order valence-corrected chi connectivity index (χ0v) is 17.6. The highest BCUT2D eigenvalue weighted by Crippen LogP contribution is 2.22. The van der Waals surface area contributed by atoms with E-state index < -0.39 is 0 Å². The van der Waals surface area contributed by atoms with Crippen LogP contribution in [0.5, 0.6) is 5.88 Å². The SMILES string of the molecule is CCOCCNC(=NC)NCc1ccc(OC2CCCCC2)nc1.I. The van der Waals surface area contributed by atoms with E-state index in [1.54, 1.807) is 7.05 Å². The van der Waals surface area contributed by atoms with Gasteiger partial charge in [0.25, 0.3) is 0 Å². The number of nitrogens with one attached hydrogen (secondary N) is 2. The molecule has 6 nitrogen and oxygen atoms in total. The normalized spacial score (nSPS) is 15.4. The smallest absolute Gasteiger partial charge is 0.213 e. The molecule has 2 N–H and O–H groups in total. The van der Waals surface area contributed by atoms with Crippen LogP contribution in [-0.4, -0.2) is 43.9 Å². The van der Waals surface area contributed by atoms with Crippen LogP contribution in [0.25, 0.3) is 0 Å². The molecular formula is C18H31IN4O2. The number of halogens is 1. The maximum Gasteiger partial charge on any atom is 0.213 e. The molecule has 1 aromatic rings. The summed E-state index contributed by atoms with van der Waals surface area (Å²) in [7, 11) is 1.76. The second kappa shape index (κ2) is 13.2. The Kier molecular flexibility index (Phi) is 11.6. The molecule has 1 saturated carbocycles. The monoisotopic (exact) mass is 462 g/mol. The van der Waals surface area contributed by atoms with Crippen LogP contribution >= 0.6 is 24.0 Å². The molecular weight excluding hydrogens is 431 g/mol. The van der Waals surface area contributed by atoms with E-state index in [2.05, 4.69) is 20.6 Å². The largest absolute Gasteiger partial charge is 0.474 e. The summed E-state index contributed by atoms with van der Waals surface area (Å²) in [5.74, 6) is 1.49. The van der Waals surface area contributed by atoms with Gasteiger partial charge in [0.05, 0.1) is 6.61 Å². The van der Waals surface area contributed by atoms with E-state index in [0.29, 0.717) is 19.3 Å². The van der Waals surface area contributed by atoms with Crippen LogP contribution in [0.15, 0.2) is 23.3 Å².